The Bertz CT molecular complexity index is 1670. The first-order chi connectivity index (χ1) is 20.2. The van der Waals surface area contributed by atoms with E-state index < -0.39 is 34.0 Å². The van der Waals surface area contributed by atoms with Crippen LogP contribution < -0.4 is 9.92 Å². The maximum absolute atomic E-state index is 13.3. The molecule has 9 heteroatoms. The number of rotatable bonds is 10. The number of aryl methyl sites for hydroxylation is 1. The lowest BCUT2D eigenvalue weighted by atomic mass is 9.91. The Morgan fingerprint density at radius 3 is 2.05 bits per heavy atom. The van der Waals surface area contributed by atoms with Gasteiger partial charge in [0.2, 0.25) is 0 Å². The number of benzene rings is 4. The van der Waals surface area contributed by atoms with Crippen LogP contribution in [0.4, 0.5) is 0 Å². The molecule has 0 saturated carbocycles. The SMILES string of the molecule is CCOC(=O)C(c1cccc(OS(=O)(=O)c2ccc(C)cc2)c1)C(N)C(=O)OCC1c2ccccc2-c2ccccc21. The van der Waals surface area contributed by atoms with Crippen LogP contribution in [-0.4, -0.2) is 39.6 Å². The Morgan fingerprint density at radius 2 is 1.43 bits per heavy atom. The van der Waals surface area contributed by atoms with E-state index in [1.165, 1.54) is 30.3 Å². The Kier molecular flexibility index (Phi) is 8.42. The van der Waals surface area contributed by atoms with Crippen LogP contribution >= 0.6 is 0 Å². The van der Waals surface area contributed by atoms with Gasteiger partial charge in [0.25, 0.3) is 0 Å². The molecule has 0 bridgehead atoms. The minimum atomic E-state index is -4.15. The van der Waals surface area contributed by atoms with E-state index in [2.05, 4.69) is 0 Å². The summed E-state index contributed by atoms with van der Waals surface area (Å²) in [6.45, 7) is 3.58. The number of hydrogen-bond donors (Lipinski definition) is 1. The van der Waals surface area contributed by atoms with E-state index in [9.17, 15) is 18.0 Å². The second kappa shape index (κ2) is 12.2. The molecule has 216 valence electrons. The summed E-state index contributed by atoms with van der Waals surface area (Å²) < 4.78 is 42.0. The standard InChI is InChI=1S/C33H31NO7S/c1-3-39-32(35)30(22-9-8-10-23(19-22)41-42(37,38)24-17-15-21(2)16-18-24)31(34)33(36)40-20-29-27-13-6-4-11-25(27)26-12-5-7-14-28(26)29/h4-19,29-31H,3,20,34H2,1-2H3. The zero-order chi connectivity index (χ0) is 29.9. The summed E-state index contributed by atoms with van der Waals surface area (Å²) in [5.74, 6) is -3.00. The van der Waals surface area contributed by atoms with Crippen LogP contribution in [0.25, 0.3) is 11.1 Å². The zero-order valence-corrected chi connectivity index (χ0v) is 24.0. The maximum Gasteiger partial charge on any atom is 0.339 e. The highest BCUT2D eigenvalue weighted by Gasteiger charge is 2.36. The van der Waals surface area contributed by atoms with Gasteiger partial charge in [0, 0.05) is 5.92 Å². The van der Waals surface area contributed by atoms with E-state index in [0.717, 1.165) is 27.8 Å². The van der Waals surface area contributed by atoms with Crippen LogP contribution in [0, 0.1) is 6.92 Å². The summed E-state index contributed by atoms with van der Waals surface area (Å²) in [6.07, 6.45) is 0. The third-order valence-electron chi connectivity index (χ3n) is 7.26. The van der Waals surface area contributed by atoms with E-state index >= 15 is 0 Å². The third kappa shape index (κ3) is 5.93. The van der Waals surface area contributed by atoms with Crippen molar-refractivity contribution in [3.8, 4) is 16.9 Å². The summed E-state index contributed by atoms with van der Waals surface area (Å²) in [6, 6.07) is 26.6. The minimum absolute atomic E-state index is 0.0178. The summed E-state index contributed by atoms with van der Waals surface area (Å²) in [4.78, 5) is 26.3. The quantitative estimate of drug-likeness (QED) is 0.202. The highest BCUT2D eigenvalue weighted by molar-refractivity contribution is 7.87. The van der Waals surface area contributed by atoms with Crippen molar-refractivity contribution >= 4 is 22.1 Å². The molecule has 1 aliphatic carbocycles. The van der Waals surface area contributed by atoms with Crippen molar-refractivity contribution in [3.63, 3.8) is 0 Å². The molecule has 0 saturated heterocycles. The van der Waals surface area contributed by atoms with E-state index in [0.29, 0.717) is 0 Å². The highest BCUT2D eigenvalue weighted by Crippen LogP contribution is 2.44. The van der Waals surface area contributed by atoms with Crippen molar-refractivity contribution in [2.45, 2.75) is 36.6 Å². The molecule has 5 rings (SSSR count). The first-order valence-electron chi connectivity index (χ1n) is 13.6. The lowest BCUT2D eigenvalue weighted by Crippen LogP contribution is -2.42. The fourth-order valence-corrected chi connectivity index (χ4v) is 6.12. The van der Waals surface area contributed by atoms with Gasteiger partial charge in [-0.1, -0.05) is 78.4 Å². The molecular formula is C33H31NO7S. The van der Waals surface area contributed by atoms with Gasteiger partial charge >= 0.3 is 22.1 Å². The summed E-state index contributed by atoms with van der Waals surface area (Å²) in [7, 11) is -4.15. The number of ether oxygens (including phenoxy) is 2. The Balaban J connectivity index is 1.36. The first kappa shape index (κ1) is 29.0. The number of esters is 2. The van der Waals surface area contributed by atoms with Crippen molar-refractivity contribution in [1.82, 2.24) is 0 Å². The molecule has 0 aliphatic heterocycles. The predicted octanol–water partition coefficient (Wildman–Crippen LogP) is 5.09. The number of carbonyl (C=O) groups excluding carboxylic acids is 2. The van der Waals surface area contributed by atoms with Crippen molar-refractivity contribution in [1.29, 1.82) is 0 Å². The smallest absolute Gasteiger partial charge is 0.339 e. The van der Waals surface area contributed by atoms with Gasteiger partial charge in [0.05, 0.1) is 6.61 Å². The highest BCUT2D eigenvalue weighted by atomic mass is 32.2. The molecule has 0 spiro atoms. The molecule has 8 nitrogen and oxygen atoms in total. The molecule has 0 radical (unpaired) electrons. The number of fused-ring (bicyclic) bond motifs is 3. The Hall–Kier alpha value is -4.47. The number of nitrogens with two attached hydrogens (primary N) is 1. The number of hydrogen-bond acceptors (Lipinski definition) is 8. The molecule has 42 heavy (non-hydrogen) atoms. The van der Waals surface area contributed by atoms with Crippen LogP contribution in [0.3, 0.4) is 0 Å². The molecule has 1 aliphatic rings. The maximum atomic E-state index is 13.3. The molecule has 2 atom stereocenters. The van der Waals surface area contributed by atoms with Crippen molar-refractivity contribution in [3.05, 3.63) is 119 Å². The van der Waals surface area contributed by atoms with Crippen LogP contribution in [0.15, 0.2) is 102 Å². The minimum Gasteiger partial charge on any atom is -0.465 e. The first-order valence-corrected chi connectivity index (χ1v) is 15.0. The van der Waals surface area contributed by atoms with Crippen LogP contribution in [0.2, 0.25) is 0 Å². The average Bonchev–Trinajstić information content (AvgIpc) is 3.30. The van der Waals surface area contributed by atoms with E-state index in [4.69, 9.17) is 19.4 Å². The van der Waals surface area contributed by atoms with Gasteiger partial charge in [-0.15, -0.1) is 0 Å². The average molecular weight is 586 g/mol. The van der Waals surface area contributed by atoms with E-state index in [1.54, 1.807) is 25.1 Å². The Morgan fingerprint density at radius 1 is 0.810 bits per heavy atom. The largest absolute Gasteiger partial charge is 0.465 e. The summed E-state index contributed by atoms with van der Waals surface area (Å²) in [5.41, 5.74) is 11.8. The van der Waals surface area contributed by atoms with Gasteiger partial charge in [-0.2, -0.15) is 8.42 Å². The van der Waals surface area contributed by atoms with Gasteiger partial charge in [0.1, 0.15) is 29.2 Å². The topological polar surface area (TPSA) is 122 Å². The van der Waals surface area contributed by atoms with Gasteiger partial charge in [-0.3, -0.25) is 9.59 Å². The molecule has 0 aromatic heterocycles. The number of carbonyl (C=O) groups is 2. The monoisotopic (exact) mass is 585 g/mol. The van der Waals surface area contributed by atoms with E-state index in [1.807, 2.05) is 55.5 Å². The molecule has 0 fully saturated rings. The molecule has 2 unspecified atom stereocenters. The van der Waals surface area contributed by atoms with Gasteiger partial charge in [-0.25, -0.2) is 0 Å². The second-order valence-electron chi connectivity index (χ2n) is 10.0. The normalized spacial score (nSPS) is 13.9. The molecule has 0 amide bonds. The predicted molar refractivity (Wildman–Crippen MR) is 157 cm³/mol. The van der Waals surface area contributed by atoms with Crippen LogP contribution in [-0.2, 0) is 29.2 Å². The molecular weight excluding hydrogens is 554 g/mol. The zero-order valence-electron chi connectivity index (χ0n) is 23.2. The van der Waals surface area contributed by atoms with Gasteiger partial charge in [-0.05, 0) is 65.9 Å². The Labute approximate surface area is 245 Å². The van der Waals surface area contributed by atoms with Crippen LogP contribution in [0.1, 0.15) is 41.0 Å². The molecule has 4 aromatic carbocycles. The second-order valence-corrected chi connectivity index (χ2v) is 11.6. The molecule has 4 aromatic rings. The van der Waals surface area contributed by atoms with Crippen molar-refractivity contribution in [2.75, 3.05) is 13.2 Å². The van der Waals surface area contributed by atoms with Crippen LogP contribution in [0.5, 0.6) is 5.75 Å². The summed E-state index contributed by atoms with van der Waals surface area (Å²) in [5, 5.41) is 0. The van der Waals surface area contributed by atoms with E-state index in [-0.39, 0.29) is 35.3 Å². The summed E-state index contributed by atoms with van der Waals surface area (Å²) >= 11 is 0. The van der Waals surface area contributed by atoms with Crippen molar-refractivity contribution in [2.24, 2.45) is 5.73 Å². The van der Waals surface area contributed by atoms with Gasteiger partial charge < -0.3 is 19.4 Å². The molecule has 2 N–H and O–H groups in total. The molecule has 0 heterocycles. The van der Waals surface area contributed by atoms with Crippen molar-refractivity contribution < 1.29 is 31.7 Å². The third-order valence-corrected chi connectivity index (χ3v) is 8.52. The fourth-order valence-electron chi connectivity index (χ4n) is 5.20. The lowest BCUT2D eigenvalue weighted by molar-refractivity contribution is -0.153. The fraction of sp³-hybridized carbons (Fsp3) is 0.212. The van der Waals surface area contributed by atoms with Gasteiger partial charge in [0.15, 0.2) is 0 Å². The lowest BCUT2D eigenvalue weighted by Gasteiger charge is -2.23.